The second-order valence-corrected chi connectivity index (χ2v) is 7.16. The monoisotopic (exact) mass is 372 g/mol. The lowest BCUT2D eigenvalue weighted by Crippen LogP contribution is -2.14. The average molecular weight is 373 g/mol. The topological polar surface area (TPSA) is 61.9 Å². The number of fused-ring (bicyclic) bond motifs is 1. The summed E-state index contributed by atoms with van der Waals surface area (Å²) in [6, 6.07) is 4.33. The Morgan fingerprint density at radius 2 is 2.04 bits per heavy atom. The van der Waals surface area contributed by atoms with Crippen molar-refractivity contribution in [2.24, 2.45) is 7.05 Å². The third-order valence-corrected chi connectivity index (χ3v) is 5.36. The number of esters is 1. The third-order valence-electron chi connectivity index (χ3n) is 5.18. The van der Waals surface area contributed by atoms with Gasteiger partial charge in [-0.2, -0.15) is 4.98 Å². The predicted molar refractivity (Wildman–Crippen MR) is 100 cm³/mol. The molecule has 3 aromatic heterocycles. The van der Waals surface area contributed by atoms with Crippen molar-refractivity contribution in [2.45, 2.75) is 38.1 Å². The highest BCUT2D eigenvalue weighted by molar-refractivity contribution is 6.28. The highest BCUT2D eigenvalue weighted by Gasteiger charge is 2.24. The van der Waals surface area contributed by atoms with Crippen molar-refractivity contribution in [2.75, 3.05) is 7.11 Å². The first kappa shape index (κ1) is 17.1. The van der Waals surface area contributed by atoms with E-state index in [1.54, 1.807) is 10.8 Å². The van der Waals surface area contributed by atoms with Gasteiger partial charge in [0, 0.05) is 36.4 Å². The molecule has 1 aliphatic rings. The maximum Gasteiger partial charge on any atom is 0.354 e. The van der Waals surface area contributed by atoms with Crippen molar-refractivity contribution < 1.29 is 9.53 Å². The van der Waals surface area contributed by atoms with Crippen LogP contribution in [0.3, 0.4) is 0 Å². The zero-order valence-corrected chi connectivity index (χ0v) is 15.7. The zero-order valence-electron chi connectivity index (χ0n) is 14.9. The fourth-order valence-electron chi connectivity index (χ4n) is 3.93. The average Bonchev–Trinajstić information content (AvgIpc) is 3.22. The number of nitrogens with zero attached hydrogens (tertiary/aromatic N) is 4. The Kier molecular flexibility index (Phi) is 4.44. The molecule has 0 aliphatic heterocycles. The van der Waals surface area contributed by atoms with Crippen LogP contribution in [-0.2, 0) is 11.8 Å². The van der Waals surface area contributed by atoms with E-state index in [9.17, 15) is 4.79 Å². The fourth-order valence-corrected chi connectivity index (χ4v) is 4.06. The van der Waals surface area contributed by atoms with Gasteiger partial charge in [0.15, 0.2) is 0 Å². The van der Waals surface area contributed by atoms with Crippen molar-refractivity contribution in [3.8, 4) is 11.3 Å². The van der Waals surface area contributed by atoms with E-state index in [1.807, 2.05) is 19.3 Å². The van der Waals surface area contributed by atoms with E-state index < -0.39 is 0 Å². The Bertz CT molecular complexity index is 969. The smallest absolute Gasteiger partial charge is 0.354 e. The first-order valence-electron chi connectivity index (χ1n) is 8.87. The minimum atomic E-state index is -0.345. The first-order valence-corrected chi connectivity index (χ1v) is 9.25. The lowest BCUT2D eigenvalue weighted by atomic mass is 9.95. The van der Waals surface area contributed by atoms with E-state index in [-0.39, 0.29) is 11.3 Å². The molecule has 0 aromatic carbocycles. The van der Waals surface area contributed by atoms with Crippen LogP contribution in [0.5, 0.6) is 0 Å². The zero-order chi connectivity index (χ0) is 18.3. The number of halogens is 1. The van der Waals surface area contributed by atoms with Crippen molar-refractivity contribution in [1.82, 2.24) is 19.1 Å². The van der Waals surface area contributed by atoms with Crippen molar-refractivity contribution in [1.29, 1.82) is 0 Å². The van der Waals surface area contributed by atoms with Crippen LogP contribution in [0.2, 0.25) is 5.28 Å². The molecule has 4 rings (SSSR count). The molecule has 1 saturated carbocycles. The summed E-state index contributed by atoms with van der Waals surface area (Å²) in [5, 5.41) is 1.21. The molecule has 26 heavy (non-hydrogen) atoms. The summed E-state index contributed by atoms with van der Waals surface area (Å²) < 4.78 is 8.95. The van der Waals surface area contributed by atoms with Crippen LogP contribution in [0, 0.1) is 0 Å². The quantitative estimate of drug-likeness (QED) is 0.505. The molecular formula is C19H21ClN4O2. The number of ether oxygens (including phenoxy) is 1. The molecule has 0 N–H and O–H groups in total. The Morgan fingerprint density at radius 3 is 2.77 bits per heavy atom. The molecule has 0 radical (unpaired) electrons. The second kappa shape index (κ2) is 6.76. The van der Waals surface area contributed by atoms with Gasteiger partial charge in [-0.25, -0.2) is 9.78 Å². The van der Waals surface area contributed by atoms with Gasteiger partial charge in [-0.3, -0.25) is 0 Å². The SMILES string of the molecule is COC(=O)c1cc(-c2cc3cnc(Cl)nc3n2C2CCCCC2)cn1C. The molecule has 3 heterocycles. The molecule has 1 aliphatic carbocycles. The van der Waals surface area contributed by atoms with Crippen LogP contribution >= 0.6 is 11.6 Å². The molecule has 6 nitrogen and oxygen atoms in total. The van der Waals surface area contributed by atoms with Gasteiger partial charge in [-0.15, -0.1) is 0 Å². The maximum absolute atomic E-state index is 12.0. The lowest BCUT2D eigenvalue weighted by molar-refractivity contribution is 0.0590. The maximum atomic E-state index is 12.0. The number of hydrogen-bond donors (Lipinski definition) is 0. The largest absolute Gasteiger partial charge is 0.464 e. The van der Waals surface area contributed by atoms with Crippen LogP contribution in [0.4, 0.5) is 0 Å². The van der Waals surface area contributed by atoms with Crippen LogP contribution in [0.1, 0.15) is 48.6 Å². The van der Waals surface area contributed by atoms with Gasteiger partial charge in [0.05, 0.1) is 12.8 Å². The fraction of sp³-hybridized carbons (Fsp3) is 0.421. The minimum Gasteiger partial charge on any atom is -0.464 e. The summed E-state index contributed by atoms with van der Waals surface area (Å²) in [7, 11) is 3.24. The van der Waals surface area contributed by atoms with E-state index in [2.05, 4.69) is 20.6 Å². The van der Waals surface area contributed by atoms with Crippen LogP contribution in [-0.4, -0.2) is 32.2 Å². The summed E-state index contributed by atoms with van der Waals surface area (Å²) in [5.41, 5.74) is 3.38. The molecule has 0 atom stereocenters. The molecule has 1 fully saturated rings. The predicted octanol–water partition coefficient (Wildman–Crippen LogP) is 4.38. The number of aryl methyl sites for hydroxylation is 1. The van der Waals surface area contributed by atoms with E-state index in [0.29, 0.717) is 11.7 Å². The molecule has 3 aromatic rings. The van der Waals surface area contributed by atoms with Crippen LogP contribution < -0.4 is 0 Å². The van der Waals surface area contributed by atoms with E-state index in [0.717, 1.165) is 35.1 Å². The van der Waals surface area contributed by atoms with E-state index in [4.69, 9.17) is 16.3 Å². The number of carbonyl (C=O) groups is 1. The minimum absolute atomic E-state index is 0.252. The van der Waals surface area contributed by atoms with Crippen molar-refractivity contribution in [3.05, 3.63) is 35.5 Å². The van der Waals surface area contributed by atoms with Gasteiger partial charge < -0.3 is 13.9 Å². The van der Waals surface area contributed by atoms with Crippen LogP contribution in [0.15, 0.2) is 24.5 Å². The summed E-state index contributed by atoms with van der Waals surface area (Å²) >= 11 is 6.07. The van der Waals surface area contributed by atoms with Gasteiger partial charge in [-0.05, 0) is 36.6 Å². The number of hydrogen-bond acceptors (Lipinski definition) is 4. The first-order chi connectivity index (χ1) is 12.6. The van der Waals surface area contributed by atoms with Gasteiger partial charge in [0.2, 0.25) is 5.28 Å². The second-order valence-electron chi connectivity index (χ2n) is 6.83. The van der Waals surface area contributed by atoms with Crippen molar-refractivity contribution in [3.63, 3.8) is 0 Å². The molecule has 136 valence electrons. The number of methoxy groups -OCH3 is 1. The Morgan fingerprint density at radius 1 is 1.27 bits per heavy atom. The number of aromatic nitrogens is 4. The van der Waals surface area contributed by atoms with E-state index >= 15 is 0 Å². The Labute approximate surface area is 156 Å². The number of carbonyl (C=O) groups excluding carboxylic acids is 1. The van der Waals surface area contributed by atoms with Gasteiger partial charge in [-0.1, -0.05) is 19.3 Å². The third kappa shape index (κ3) is 2.88. The summed E-state index contributed by atoms with van der Waals surface area (Å²) in [6.07, 6.45) is 9.66. The molecule has 0 unspecified atom stereocenters. The Balaban J connectivity index is 1.90. The van der Waals surface area contributed by atoms with Gasteiger partial charge in [0.1, 0.15) is 11.3 Å². The molecule has 0 saturated heterocycles. The van der Waals surface area contributed by atoms with E-state index in [1.165, 1.54) is 26.4 Å². The lowest BCUT2D eigenvalue weighted by Gasteiger charge is -2.25. The van der Waals surface area contributed by atoms with Crippen LogP contribution in [0.25, 0.3) is 22.3 Å². The standard InChI is InChI=1S/C19H21ClN4O2/c1-23-11-13(9-16(23)18(25)26-2)15-8-12-10-21-19(20)22-17(12)24(15)14-6-4-3-5-7-14/h8-11,14H,3-7H2,1-2H3. The molecular weight excluding hydrogens is 352 g/mol. The highest BCUT2D eigenvalue weighted by Crippen LogP contribution is 2.37. The highest BCUT2D eigenvalue weighted by atomic mass is 35.5. The van der Waals surface area contributed by atoms with Gasteiger partial charge in [0.25, 0.3) is 0 Å². The Hall–Kier alpha value is -2.34. The number of rotatable bonds is 3. The summed E-state index contributed by atoms with van der Waals surface area (Å²) in [6.45, 7) is 0. The van der Waals surface area contributed by atoms with Crippen molar-refractivity contribution >= 4 is 28.6 Å². The molecule has 7 heteroatoms. The van der Waals surface area contributed by atoms with Gasteiger partial charge >= 0.3 is 5.97 Å². The molecule has 0 amide bonds. The molecule has 0 spiro atoms. The summed E-state index contributed by atoms with van der Waals surface area (Å²) in [5.74, 6) is -0.345. The summed E-state index contributed by atoms with van der Waals surface area (Å²) in [4.78, 5) is 20.6. The normalized spacial score (nSPS) is 15.5. The molecule has 0 bridgehead atoms.